The molecule has 7 nitrogen and oxygen atoms in total. The molecule has 5 rings (SSSR count). The number of benzene rings is 1. The molecule has 1 amide bonds. The molecular formula is C25H19ClN6OS. The molecule has 0 radical (unpaired) electrons. The highest BCUT2D eigenvalue weighted by molar-refractivity contribution is 7.15. The van der Waals surface area contributed by atoms with Crippen LogP contribution in [0.1, 0.15) is 51.2 Å². The van der Waals surface area contributed by atoms with Gasteiger partial charge in [0.15, 0.2) is 5.82 Å². The predicted molar refractivity (Wildman–Crippen MR) is 133 cm³/mol. The van der Waals surface area contributed by atoms with E-state index in [1.165, 1.54) is 0 Å². The van der Waals surface area contributed by atoms with Gasteiger partial charge in [0.2, 0.25) is 5.91 Å². The van der Waals surface area contributed by atoms with Crippen LogP contribution in [0.25, 0.3) is 5.00 Å². The quantitative estimate of drug-likeness (QED) is 0.439. The molecule has 1 aliphatic heterocycles. The second-order valence-corrected chi connectivity index (χ2v) is 9.27. The van der Waals surface area contributed by atoms with Crippen LogP contribution in [0, 0.1) is 25.7 Å². The molecule has 168 valence electrons. The average Bonchev–Trinajstić information content (AvgIpc) is 3.31. The Morgan fingerprint density at radius 1 is 1.12 bits per heavy atom. The lowest BCUT2D eigenvalue weighted by molar-refractivity contribution is -0.118. The molecule has 2 N–H and O–H groups in total. The molecule has 0 spiro atoms. The predicted octanol–water partition coefficient (Wildman–Crippen LogP) is 4.16. The molecule has 1 aromatic carbocycles. The van der Waals surface area contributed by atoms with Crippen LogP contribution in [0.2, 0.25) is 5.02 Å². The fourth-order valence-electron chi connectivity index (χ4n) is 3.90. The fourth-order valence-corrected chi connectivity index (χ4v) is 5.24. The van der Waals surface area contributed by atoms with Gasteiger partial charge in [0, 0.05) is 34.1 Å². The van der Waals surface area contributed by atoms with Gasteiger partial charge in [-0.1, -0.05) is 35.6 Å². The number of carbonyl (C=O) groups is 1. The van der Waals surface area contributed by atoms with Crippen LogP contribution >= 0.6 is 22.9 Å². The Kier molecular flexibility index (Phi) is 5.74. The zero-order chi connectivity index (χ0) is 23.8. The largest absolute Gasteiger partial charge is 0.370 e. The Morgan fingerprint density at radius 2 is 1.85 bits per heavy atom. The van der Waals surface area contributed by atoms with Crippen molar-refractivity contribution in [1.29, 1.82) is 0 Å². The van der Waals surface area contributed by atoms with Crippen molar-refractivity contribution in [1.82, 2.24) is 19.7 Å². The van der Waals surface area contributed by atoms with E-state index >= 15 is 0 Å². The number of aromatic nitrogens is 4. The number of fused-ring (bicyclic) bond motifs is 3. The van der Waals surface area contributed by atoms with Crippen molar-refractivity contribution in [3.63, 3.8) is 0 Å². The summed E-state index contributed by atoms with van der Waals surface area (Å²) >= 11 is 7.70. The van der Waals surface area contributed by atoms with Crippen LogP contribution in [0.3, 0.4) is 0 Å². The summed E-state index contributed by atoms with van der Waals surface area (Å²) in [6.07, 6.45) is 3.47. The molecular weight excluding hydrogens is 468 g/mol. The topological polar surface area (TPSA) is 99.1 Å². The highest BCUT2D eigenvalue weighted by Gasteiger charge is 2.32. The van der Waals surface area contributed by atoms with E-state index in [4.69, 9.17) is 22.3 Å². The highest BCUT2D eigenvalue weighted by Crippen LogP contribution is 2.39. The molecule has 34 heavy (non-hydrogen) atoms. The molecule has 0 saturated heterocycles. The maximum Gasteiger partial charge on any atom is 0.220 e. The number of halogens is 1. The van der Waals surface area contributed by atoms with Gasteiger partial charge in [-0.05, 0) is 43.7 Å². The van der Waals surface area contributed by atoms with Gasteiger partial charge in [0.1, 0.15) is 16.9 Å². The molecule has 4 heterocycles. The third-order valence-corrected chi connectivity index (χ3v) is 6.96. The maximum atomic E-state index is 11.9. The van der Waals surface area contributed by atoms with E-state index in [0.29, 0.717) is 16.7 Å². The second kappa shape index (κ2) is 8.86. The van der Waals surface area contributed by atoms with Gasteiger partial charge in [-0.15, -0.1) is 21.5 Å². The number of hydrogen-bond donors (Lipinski definition) is 1. The number of pyridine rings is 1. The van der Waals surface area contributed by atoms with E-state index in [1.54, 1.807) is 23.7 Å². The minimum absolute atomic E-state index is 0.0257. The first-order chi connectivity index (χ1) is 16.4. The first kappa shape index (κ1) is 22.0. The Hall–Kier alpha value is -3.80. The smallest absolute Gasteiger partial charge is 0.220 e. The first-order valence-corrected chi connectivity index (χ1v) is 11.7. The summed E-state index contributed by atoms with van der Waals surface area (Å²) in [7, 11) is 0. The number of carbonyl (C=O) groups excluding carboxylic acids is 1. The van der Waals surface area contributed by atoms with Gasteiger partial charge < -0.3 is 5.73 Å². The normalized spacial score (nSPS) is 14.3. The minimum Gasteiger partial charge on any atom is -0.370 e. The molecule has 1 aliphatic rings. The number of primary amides is 1. The molecule has 0 aliphatic carbocycles. The van der Waals surface area contributed by atoms with Crippen molar-refractivity contribution in [2.75, 3.05) is 0 Å². The van der Waals surface area contributed by atoms with Gasteiger partial charge in [-0.2, -0.15) is 0 Å². The van der Waals surface area contributed by atoms with Crippen molar-refractivity contribution in [2.24, 2.45) is 10.7 Å². The Morgan fingerprint density at radius 3 is 2.56 bits per heavy atom. The van der Waals surface area contributed by atoms with Gasteiger partial charge in [-0.25, -0.2) is 0 Å². The van der Waals surface area contributed by atoms with Crippen molar-refractivity contribution in [3.8, 4) is 16.8 Å². The van der Waals surface area contributed by atoms with Crippen LogP contribution in [0.15, 0.2) is 53.8 Å². The summed E-state index contributed by atoms with van der Waals surface area (Å²) < 4.78 is 1.96. The third kappa shape index (κ3) is 4.00. The molecule has 0 bridgehead atoms. The monoisotopic (exact) mass is 486 g/mol. The van der Waals surface area contributed by atoms with E-state index in [1.807, 2.05) is 54.8 Å². The van der Waals surface area contributed by atoms with Crippen LogP contribution in [0.5, 0.6) is 0 Å². The standard InChI is InChI=1S/C25H19ClN6OS/c1-14-20(8-3-16-9-11-28-12-10-16)34-25-22(14)23(17-4-6-18(26)7-5-17)29-19(13-21(27)33)24-31-30-15(2)32(24)25/h4-7,9-12,19H,13H2,1-2H3,(H2,27,33)/t19-/m0/s1. The molecule has 1 atom stereocenters. The van der Waals surface area contributed by atoms with E-state index in [-0.39, 0.29) is 6.42 Å². The second-order valence-electron chi connectivity index (χ2n) is 7.83. The summed E-state index contributed by atoms with van der Waals surface area (Å²) in [6, 6.07) is 10.7. The summed E-state index contributed by atoms with van der Waals surface area (Å²) in [5.41, 5.74) is 10.0. The number of aliphatic imine (C=N–C) groups is 1. The van der Waals surface area contributed by atoms with Crippen LogP contribution in [-0.4, -0.2) is 31.4 Å². The molecule has 4 aromatic rings. The number of nitrogens with zero attached hydrogens (tertiary/aromatic N) is 5. The Balaban J connectivity index is 1.76. The highest BCUT2D eigenvalue weighted by atomic mass is 35.5. The summed E-state index contributed by atoms with van der Waals surface area (Å²) in [6.45, 7) is 3.91. The summed E-state index contributed by atoms with van der Waals surface area (Å²) in [5.74, 6) is 7.35. The van der Waals surface area contributed by atoms with Crippen molar-refractivity contribution < 1.29 is 4.79 Å². The number of thiophene rings is 1. The number of aryl methyl sites for hydroxylation is 1. The molecule has 0 unspecified atom stereocenters. The molecule has 9 heteroatoms. The van der Waals surface area contributed by atoms with Crippen molar-refractivity contribution in [2.45, 2.75) is 26.3 Å². The summed E-state index contributed by atoms with van der Waals surface area (Å²) in [4.78, 5) is 21.9. The van der Waals surface area contributed by atoms with Crippen molar-refractivity contribution in [3.05, 3.63) is 92.6 Å². The number of hydrogen-bond acceptors (Lipinski definition) is 6. The van der Waals surface area contributed by atoms with Crippen LogP contribution < -0.4 is 5.73 Å². The number of nitrogens with two attached hydrogens (primary N) is 1. The molecule has 3 aromatic heterocycles. The SMILES string of the molecule is Cc1c(C#Cc2ccncc2)sc2c1C(c1ccc(Cl)cc1)=N[C@@H](CC(N)=O)c1nnc(C)n1-2. The van der Waals surface area contributed by atoms with E-state index < -0.39 is 11.9 Å². The first-order valence-electron chi connectivity index (χ1n) is 10.5. The van der Waals surface area contributed by atoms with E-state index in [2.05, 4.69) is 27.0 Å². The van der Waals surface area contributed by atoms with Gasteiger partial charge in [0.25, 0.3) is 0 Å². The fraction of sp³-hybridized carbons (Fsp3) is 0.160. The van der Waals surface area contributed by atoms with Gasteiger partial charge in [0.05, 0.1) is 17.0 Å². The van der Waals surface area contributed by atoms with Gasteiger partial charge in [-0.3, -0.25) is 19.3 Å². The Labute approximate surface area is 205 Å². The zero-order valence-corrected chi connectivity index (χ0v) is 20.0. The molecule has 0 fully saturated rings. The molecule has 0 saturated carbocycles. The minimum atomic E-state index is -0.560. The zero-order valence-electron chi connectivity index (χ0n) is 18.4. The summed E-state index contributed by atoms with van der Waals surface area (Å²) in [5, 5.41) is 10.2. The lowest BCUT2D eigenvalue weighted by Gasteiger charge is -2.11. The van der Waals surface area contributed by atoms with Crippen molar-refractivity contribution >= 4 is 34.6 Å². The van der Waals surface area contributed by atoms with Gasteiger partial charge >= 0.3 is 0 Å². The number of amides is 1. The number of rotatable bonds is 3. The van der Waals surface area contributed by atoms with Crippen LogP contribution in [0.4, 0.5) is 0 Å². The van der Waals surface area contributed by atoms with E-state index in [0.717, 1.165) is 37.8 Å². The van der Waals surface area contributed by atoms with Crippen LogP contribution in [-0.2, 0) is 4.79 Å². The maximum absolute atomic E-state index is 11.9. The third-order valence-electron chi connectivity index (χ3n) is 5.51. The lowest BCUT2D eigenvalue weighted by Crippen LogP contribution is -2.17. The lowest BCUT2D eigenvalue weighted by atomic mass is 9.99. The Bertz CT molecular complexity index is 1490. The van der Waals surface area contributed by atoms with E-state index in [9.17, 15) is 4.79 Å². The average molecular weight is 487 g/mol.